The second-order valence-corrected chi connectivity index (χ2v) is 4.04. The molecule has 0 aliphatic heterocycles. The largest absolute Gasteiger partial charge is 0.466 e. The van der Waals surface area contributed by atoms with Crippen LogP contribution in [0.3, 0.4) is 0 Å². The number of methoxy groups -OCH3 is 1. The Morgan fingerprint density at radius 1 is 1.38 bits per heavy atom. The maximum atomic E-state index is 11.1. The zero-order valence-corrected chi connectivity index (χ0v) is 9.31. The van der Waals surface area contributed by atoms with Crippen LogP contribution in [0.4, 0.5) is 0 Å². The number of allylic oxidation sites excluding steroid dienone is 1. The van der Waals surface area contributed by atoms with Gasteiger partial charge < -0.3 is 10.9 Å². The molecule has 0 aromatic heterocycles. The van der Waals surface area contributed by atoms with Crippen molar-refractivity contribution in [3.63, 3.8) is 0 Å². The minimum atomic E-state index is -0.215. The van der Waals surface area contributed by atoms with Gasteiger partial charge in [-0.05, 0) is 18.8 Å². The first-order valence-corrected chi connectivity index (χ1v) is 4.14. The first-order valence-electron chi connectivity index (χ1n) is 4.14. The average molecular weight is 187 g/mol. The fraction of sp³-hybridized carbons (Fsp3) is 0.700. The molecule has 0 saturated heterocycles. The Hall–Kier alpha value is -0.830. The van der Waals surface area contributed by atoms with E-state index in [1.165, 1.54) is 7.11 Å². The highest BCUT2D eigenvalue weighted by Gasteiger charge is 2.17. The fourth-order valence-electron chi connectivity index (χ4n) is 0.995. The molecule has 0 spiro atoms. The van der Waals surface area contributed by atoms with Crippen LogP contribution in [-0.4, -0.2) is 13.1 Å². The Balaban J connectivity index is 0. The summed E-state index contributed by atoms with van der Waals surface area (Å²) in [6.07, 6.45) is 2.58. The predicted octanol–water partition coefficient (Wildman–Crippen LogP) is 2.70. The molecule has 78 valence electrons. The summed E-state index contributed by atoms with van der Waals surface area (Å²) < 4.78 is 4.64. The van der Waals surface area contributed by atoms with Crippen molar-refractivity contribution in [1.29, 1.82) is 0 Å². The molecule has 0 bridgehead atoms. The zero-order chi connectivity index (χ0) is 9.78. The third-order valence-electron chi connectivity index (χ3n) is 1.52. The van der Waals surface area contributed by atoms with E-state index in [9.17, 15) is 4.79 Å². The van der Waals surface area contributed by atoms with Crippen LogP contribution in [0.15, 0.2) is 11.6 Å². The number of hydrogen-bond donors (Lipinski definition) is 1. The zero-order valence-electron chi connectivity index (χ0n) is 9.31. The lowest BCUT2D eigenvalue weighted by molar-refractivity contribution is -0.136. The molecule has 3 nitrogen and oxygen atoms in total. The van der Waals surface area contributed by atoms with E-state index in [0.717, 1.165) is 12.0 Å². The number of rotatable bonds is 2. The summed E-state index contributed by atoms with van der Waals surface area (Å²) in [5.41, 5.74) is 0.890. The van der Waals surface area contributed by atoms with Crippen molar-refractivity contribution in [2.24, 2.45) is 5.41 Å². The molecular weight excluding hydrogens is 166 g/mol. The standard InChI is InChI=1S/C10H18O2.H3N/c1-6-8(9(11)12-5)7-10(2,3)4;/h6H,7H2,1-5H3;1H3. The second kappa shape index (κ2) is 5.75. The van der Waals surface area contributed by atoms with Crippen LogP contribution in [0.2, 0.25) is 0 Å². The molecule has 0 saturated carbocycles. The molecule has 0 aliphatic carbocycles. The third-order valence-corrected chi connectivity index (χ3v) is 1.52. The van der Waals surface area contributed by atoms with E-state index < -0.39 is 0 Å². The highest BCUT2D eigenvalue weighted by atomic mass is 16.5. The highest BCUT2D eigenvalue weighted by molar-refractivity contribution is 5.88. The van der Waals surface area contributed by atoms with Crippen molar-refractivity contribution < 1.29 is 9.53 Å². The summed E-state index contributed by atoms with van der Waals surface area (Å²) in [6, 6.07) is 0. The molecule has 13 heavy (non-hydrogen) atoms. The summed E-state index contributed by atoms with van der Waals surface area (Å²) >= 11 is 0. The average Bonchev–Trinajstić information content (AvgIpc) is 1.97. The molecule has 3 heteroatoms. The Morgan fingerprint density at radius 3 is 2.08 bits per heavy atom. The molecule has 0 heterocycles. The van der Waals surface area contributed by atoms with Crippen molar-refractivity contribution in [2.75, 3.05) is 7.11 Å². The summed E-state index contributed by atoms with van der Waals surface area (Å²) in [7, 11) is 1.41. The maximum Gasteiger partial charge on any atom is 0.333 e. The van der Waals surface area contributed by atoms with Gasteiger partial charge in [0, 0.05) is 5.57 Å². The monoisotopic (exact) mass is 187 g/mol. The van der Waals surface area contributed by atoms with Gasteiger partial charge in [-0.2, -0.15) is 0 Å². The van der Waals surface area contributed by atoms with Crippen LogP contribution in [-0.2, 0) is 9.53 Å². The molecule has 0 rings (SSSR count). The SMILES string of the molecule is CC=C(CC(C)(C)C)C(=O)OC.N. The third kappa shape index (κ3) is 6.34. The van der Waals surface area contributed by atoms with E-state index in [2.05, 4.69) is 25.5 Å². The van der Waals surface area contributed by atoms with Crippen molar-refractivity contribution >= 4 is 5.97 Å². The van der Waals surface area contributed by atoms with Gasteiger partial charge in [-0.1, -0.05) is 26.8 Å². The van der Waals surface area contributed by atoms with Crippen molar-refractivity contribution in [2.45, 2.75) is 34.1 Å². The lowest BCUT2D eigenvalue weighted by Crippen LogP contribution is -2.13. The van der Waals surface area contributed by atoms with Gasteiger partial charge in [0.25, 0.3) is 0 Å². The number of hydrogen-bond acceptors (Lipinski definition) is 3. The maximum absolute atomic E-state index is 11.1. The van der Waals surface area contributed by atoms with Crippen molar-refractivity contribution in [3.8, 4) is 0 Å². The van der Waals surface area contributed by atoms with Gasteiger partial charge in [-0.15, -0.1) is 0 Å². The molecule has 0 unspecified atom stereocenters. The van der Waals surface area contributed by atoms with Crippen LogP contribution in [0, 0.1) is 5.41 Å². The Kier molecular flexibility index (Phi) is 6.50. The van der Waals surface area contributed by atoms with Gasteiger partial charge in [0.1, 0.15) is 0 Å². The van der Waals surface area contributed by atoms with Gasteiger partial charge in [-0.3, -0.25) is 0 Å². The molecular formula is C10H21NO2. The summed E-state index contributed by atoms with van der Waals surface area (Å²) in [4.78, 5) is 11.1. The Morgan fingerprint density at radius 2 is 1.85 bits per heavy atom. The van der Waals surface area contributed by atoms with Crippen LogP contribution >= 0.6 is 0 Å². The molecule has 0 aromatic carbocycles. The lowest BCUT2D eigenvalue weighted by Gasteiger charge is -2.18. The van der Waals surface area contributed by atoms with E-state index in [4.69, 9.17) is 0 Å². The molecule has 0 aromatic rings. The Bertz CT molecular complexity index is 190. The van der Waals surface area contributed by atoms with Gasteiger partial charge in [0.15, 0.2) is 0 Å². The topological polar surface area (TPSA) is 61.3 Å². The summed E-state index contributed by atoms with van der Waals surface area (Å²) in [5, 5.41) is 0. The second-order valence-electron chi connectivity index (χ2n) is 4.04. The molecule has 0 fully saturated rings. The quantitative estimate of drug-likeness (QED) is 0.534. The smallest absolute Gasteiger partial charge is 0.333 e. The fourth-order valence-corrected chi connectivity index (χ4v) is 0.995. The normalized spacial score (nSPS) is 11.9. The molecule has 0 radical (unpaired) electrons. The molecule has 0 atom stereocenters. The van der Waals surface area contributed by atoms with Crippen molar-refractivity contribution in [3.05, 3.63) is 11.6 Å². The molecule has 3 N–H and O–H groups in total. The van der Waals surface area contributed by atoms with Gasteiger partial charge >= 0.3 is 5.97 Å². The van der Waals surface area contributed by atoms with E-state index in [1.54, 1.807) is 0 Å². The van der Waals surface area contributed by atoms with Gasteiger partial charge in [-0.25, -0.2) is 4.79 Å². The van der Waals surface area contributed by atoms with Crippen molar-refractivity contribution in [1.82, 2.24) is 6.15 Å². The summed E-state index contributed by atoms with van der Waals surface area (Å²) in [5.74, 6) is -0.215. The molecule has 0 amide bonds. The molecule has 0 aliphatic rings. The van der Waals surface area contributed by atoms with Crippen LogP contribution in [0.5, 0.6) is 0 Å². The highest BCUT2D eigenvalue weighted by Crippen LogP contribution is 2.24. The minimum absolute atomic E-state index is 0. The first kappa shape index (κ1) is 14.7. The first-order chi connectivity index (χ1) is 5.40. The number of carbonyl (C=O) groups excluding carboxylic acids is 1. The Labute approximate surface area is 80.7 Å². The predicted molar refractivity (Wildman–Crippen MR) is 54.9 cm³/mol. The van der Waals surface area contributed by atoms with Gasteiger partial charge in [0.2, 0.25) is 0 Å². The van der Waals surface area contributed by atoms with E-state index in [1.807, 2.05) is 13.0 Å². The van der Waals surface area contributed by atoms with E-state index >= 15 is 0 Å². The van der Waals surface area contributed by atoms with Crippen LogP contribution in [0.25, 0.3) is 0 Å². The number of esters is 1. The van der Waals surface area contributed by atoms with Gasteiger partial charge in [0.05, 0.1) is 7.11 Å². The van der Waals surface area contributed by atoms with Crippen LogP contribution < -0.4 is 6.15 Å². The number of ether oxygens (including phenoxy) is 1. The van der Waals surface area contributed by atoms with E-state index in [-0.39, 0.29) is 17.5 Å². The lowest BCUT2D eigenvalue weighted by atomic mass is 9.88. The summed E-state index contributed by atoms with van der Waals surface area (Å²) in [6.45, 7) is 8.15. The van der Waals surface area contributed by atoms with Crippen LogP contribution in [0.1, 0.15) is 34.1 Å². The number of carbonyl (C=O) groups is 1. The minimum Gasteiger partial charge on any atom is -0.466 e. The van der Waals surface area contributed by atoms with E-state index in [0.29, 0.717) is 0 Å².